The second kappa shape index (κ2) is 15.1. The molecule has 1 fully saturated rings. The summed E-state index contributed by atoms with van der Waals surface area (Å²) in [5, 5.41) is 3.87. The number of hydrogen-bond acceptors (Lipinski definition) is 4. The summed E-state index contributed by atoms with van der Waals surface area (Å²) >= 11 is 12.5. The number of carbonyl (C=O) groups is 2. The number of carbonyl (C=O) groups excluding carboxylic acids is 2. The van der Waals surface area contributed by atoms with E-state index in [4.69, 9.17) is 23.2 Å². The van der Waals surface area contributed by atoms with Crippen LogP contribution in [-0.2, 0) is 32.6 Å². The molecule has 1 saturated carbocycles. The van der Waals surface area contributed by atoms with E-state index < -0.39 is 28.5 Å². The lowest BCUT2D eigenvalue weighted by molar-refractivity contribution is -0.140. The fraction of sp³-hybridized carbons (Fsp3) is 0.394. The predicted octanol–water partition coefficient (Wildman–Crippen LogP) is 7.01. The maximum atomic E-state index is 14.3. The predicted molar refractivity (Wildman–Crippen MR) is 173 cm³/mol. The molecule has 0 aromatic heterocycles. The summed E-state index contributed by atoms with van der Waals surface area (Å²) in [5.74, 6) is -0.739. The Hall–Kier alpha value is -3.07. The van der Waals surface area contributed by atoms with Gasteiger partial charge in [-0.15, -0.1) is 0 Å². The van der Waals surface area contributed by atoms with Gasteiger partial charge in [-0.05, 0) is 67.1 Å². The van der Waals surface area contributed by atoms with Crippen molar-refractivity contribution in [2.24, 2.45) is 0 Å². The van der Waals surface area contributed by atoms with Crippen LogP contribution >= 0.6 is 23.2 Å². The molecule has 1 atom stereocenters. The summed E-state index contributed by atoms with van der Waals surface area (Å²) in [6.07, 6.45) is 5.98. The van der Waals surface area contributed by atoms with E-state index in [9.17, 15) is 18.0 Å². The summed E-state index contributed by atoms with van der Waals surface area (Å²) in [6.45, 7) is 3.36. The van der Waals surface area contributed by atoms with Gasteiger partial charge in [0.15, 0.2) is 0 Å². The van der Waals surface area contributed by atoms with Crippen molar-refractivity contribution in [2.45, 2.75) is 82.3 Å². The standard InChI is InChI=1S/C33H39Cl2N3O4S/c1-3-25-13-11-12-18-31(25)38(43(41,42)27-16-9-6-10-17-27)23-32(39)37(22-24-19-20-28(34)29(35)21-24)30(4-2)33(40)36-26-14-7-5-8-15-26/h6,9-13,16-21,26,30H,3-5,7-8,14-15,22-23H2,1-2H3,(H,36,40). The first-order valence-corrected chi connectivity index (χ1v) is 17.0. The van der Waals surface area contributed by atoms with Crippen molar-refractivity contribution in [3.63, 3.8) is 0 Å². The first-order valence-electron chi connectivity index (χ1n) is 14.8. The van der Waals surface area contributed by atoms with E-state index in [1.165, 1.54) is 17.0 Å². The Morgan fingerprint density at radius 3 is 2.23 bits per heavy atom. The summed E-state index contributed by atoms with van der Waals surface area (Å²) in [5.41, 5.74) is 1.89. The lowest BCUT2D eigenvalue weighted by Gasteiger charge is -2.35. The number of sulfonamides is 1. The zero-order valence-corrected chi connectivity index (χ0v) is 27.0. The molecule has 1 N–H and O–H groups in total. The highest BCUT2D eigenvalue weighted by atomic mass is 35.5. The molecule has 0 heterocycles. The number of hydrogen-bond donors (Lipinski definition) is 1. The number of halogens is 2. The average Bonchev–Trinajstić information content (AvgIpc) is 3.02. The molecule has 0 spiro atoms. The van der Waals surface area contributed by atoms with Gasteiger partial charge in [-0.25, -0.2) is 8.42 Å². The van der Waals surface area contributed by atoms with Crippen LogP contribution in [0.4, 0.5) is 5.69 Å². The third-order valence-corrected chi connectivity index (χ3v) is 10.4. The molecule has 2 amide bonds. The Morgan fingerprint density at radius 2 is 1.58 bits per heavy atom. The van der Waals surface area contributed by atoms with Crippen molar-refractivity contribution in [3.8, 4) is 0 Å². The van der Waals surface area contributed by atoms with Crippen molar-refractivity contribution < 1.29 is 18.0 Å². The molecule has 1 unspecified atom stereocenters. The maximum absolute atomic E-state index is 14.3. The smallest absolute Gasteiger partial charge is 0.264 e. The van der Waals surface area contributed by atoms with E-state index >= 15 is 0 Å². The Balaban J connectivity index is 1.74. The highest BCUT2D eigenvalue weighted by Gasteiger charge is 2.35. The second-order valence-electron chi connectivity index (χ2n) is 10.8. The second-order valence-corrected chi connectivity index (χ2v) is 13.5. The van der Waals surface area contributed by atoms with Gasteiger partial charge in [0.2, 0.25) is 11.8 Å². The third kappa shape index (κ3) is 8.11. The highest BCUT2D eigenvalue weighted by Crippen LogP contribution is 2.29. The van der Waals surface area contributed by atoms with Crippen LogP contribution < -0.4 is 9.62 Å². The molecule has 3 aromatic rings. The van der Waals surface area contributed by atoms with E-state index in [0.29, 0.717) is 34.1 Å². The minimum absolute atomic E-state index is 0.0565. The van der Waals surface area contributed by atoms with Crippen molar-refractivity contribution in [1.82, 2.24) is 10.2 Å². The van der Waals surface area contributed by atoms with E-state index in [-0.39, 0.29) is 23.4 Å². The van der Waals surface area contributed by atoms with Crippen molar-refractivity contribution >= 4 is 50.7 Å². The van der Waals surface area contributed by atoms with Crippen LogP contribution in [0.15, 0.2) is 77.7 Å². The number of nitrogens with one attached hydrogen (secondary N) is 1. The van der Waals surface area contributed by atoms with Crippen LogP contribution in [0.1, 0.15) is 63.5 Å². The first kappa shape index (κ1) is 32.8. The van der Waals surface area contributed by atoms with Crippen LogP contribution in [0.3, 0.4) is 0 Å². The quantitative estimate of drug-likeness (QED) is 0.230. The number of benzene rings is 3. The topological polar surface area (TPSA) is 86.8 Å². The molecule has 0 radical (unpaired) electrons. The molecule has 0 aliphatic heterocycles. The zero-order valence-electron chi connectivity index (χ0n) is 24.6. The monoisotopic (exact) mass is 643 g/mol. The molecule has 3 aromatic carbocycles. The first-order chi connectivity index (χ1) is 20.6. The molecule has 43 heavy (non-hydrogen) atoms. The molecular weight excluding hydrogens is 605 g/mol. The molecule has 0 bridgehead atoms. The van der Waals surface area contributed by atoms with Gasteiger partial charge in [0.1, 0.15) is 12.6 Å². The lowest BCUT2D eigenvalue weighted by atomic mass is 9.95. The fourth-order valence-corrected chi connectivity index (χ4v) is 7.38. The van der Waals surface area contributed by atoms with Gasteiger partial charge in [-0.3, -0.25) is 13.9 Å². The highest BCUT2D eigenvalue weighted by molar-refractivity contribution is 7.92. The Kier molecular flexibility index (Phi) is 11.5. The van der Waals surface area contributed by atoms with E-state index in [0.717, 1.165) is 42.0 Å². The molecule has 4 rings (SSSR count). The number of para-hydroxylation sites is 1. The number of rotatable bonds is 12. The average molecular weight is 645 g/mol. The number of anilines is 1. The van der Waals surface area contributed by atoms with Crippen molar-refractivity contribution in [3.05, 3.63) is 94.0 Å². The van der Waals surface area contributed by atoms with Crippen LogP contribution in [-0.4, -0.2) is 43.8 Å². The van der Waals surface area contributed by atoms with Crippen LogP contribution in [0.5, 0.6) is 0 Å². The molecule has 0 saturated heterocycles. The summed E-state index contributed by atoms with van der Waals surface area (Å²) in [4.78, 5) is 29.6. The SMILES string of the molecule is CCc1ccccc1N(CC(=O)N(Cc1ccc(Cl)c(Cl)c1)C(CC)C(=O)NC1CCCCC1)S(=O)(=O)c1ccccc1. The minimum atomic E-state index is -4.13. The molecule has 1 aliphatic carbocycles. The van der Waals surface area contributed by atoms with Gasteiger partial charge in [0.25, 0.3) is 10.0 Å². The van der Waals surface area contributed by atoms with Crippen molar-refractivity contribution in [2.75, 3.05) is 10.8 Å². The van der Waals surface area contributed by atoms with E-state index in [1.54, 1.807) is 48.5 Å². The van der Waals surface area contributed by atoms with Gasteiger partial charge in [0, 0.05) is 12.6 Å². The normalized spacial score (nSPS) is 14.6. The largest absolute Gasteiger partial charge is 0.352 e. The summed E-state index contributed by atoms with van der Waals surface area (Å²) < 4.78 is 29.3. The van der Waals surface area contributed by atoms with Crippen molar-refractivity contribution in [1.29, 1.82) is 0 Å². The van der Waals surface area contributed by atoms with Crippen LogP contribution in [0, 0.1) is 0 Å². The van der Waals surface area contributed by atoms with Gasteiger partial charge >= 0.3 is 0 Å². The molecular formula is C33H39Cl2N3O4S. The zero-order chi connectivity index (χ0) is 31.0. The molecule has 230 valence electrons. The van der Waals surface area contributed by atoms with Crippen LogP contribution in [0.2, 0.25) is 10.0 Å². The summed E-state index contributed by atoms with van der Waals surface area (Å²) in [7, 11) is -4.13. The Morgan fingerprint density at radius 1 is 0.907 bits per heavy atom. The number of aryl methyl sites for hydroxylation is 1. The number of amides is 2. The Labute approximate surface area is 265 Å². The summed E-state index contributed by atoms with van der Waals surface area (Å²) in [6, 6.07) is 19.6. The van der Waals surface area contributed by atoms with Gasteiger partial charge in [-0.2, -0.15) is 0 Å². The van der Waals surface area contributed by atoms with Gasteiger partial charge in [-0.1, -0.05) is 98.8 Å². The van der Waals surface area contributed by atoms with Gasteiger partial charge in [0.05, 0.1) is 20.6 Å². The van der Waals surface area contributed by atoms with E-state index in [1.807, 2.05) is 26.0 Å². The molecule has 1 aliphatic rings. The number of nitrogens with zero attached hydrogens (tertiary/aromatic N) is 2. The van der Waals surface area contributed by atoms with Crippen LogP contribution in [0.25, 0.3) is 0 Å². The molecule has 7 nitrogen and oxygen atoms in total. The van der Waals surface area contributed by atoms with E-state index in [2.05, 4.69) is 5.32 Å². The molecule has 10 heteroatoms. The maximum Gasteiger partial charge on any atom is 0.264 e. The third-order valence-electron chi connectivity index (χ3n) is 7.93. The fourth-order valence-electron chi connectivity index (χ4n) is 5.58. The lowest BCUT2D eigenvalue weighted by Crippen LogP contribution is -2.54. The minimum Gasteiger partial charge on any atom is -0.352 e. The van der Waals surface area contributed by atoms with Gasteiger partial charge < -0.3 is 10.2 Å². The Bertz CT molecular complexity index is 1510.